The molecule has 1 aliphatic heterocycles. The van der Waals surface area contributed by atoms with Crippen LogP contribution in [-0.4, -0.2) is 26.5 Å². The molecule has 7 heteroatoms. The molecule has 0 radical (unpaired) electrons. The summed E-state index contributed by atoms with van der Waals surface area (Å²) >= 11 is 0. The summed E-state index contributed by atoms with van der Waals surface area (Å²) in [7, 11) is 1.42. The summed E-state index contributed by atoms with van der Waals surface area (Å²) in [5.74, 6) is -0.415. The van der Waals surface area contributed by atoms with Gasteiger partial charge in [-0.15, -0.1) is 0 Å². The number of allylic oxidation sites excluding steroid dienone is 1. The molecule has 0 aromatic carbocycles. The number of hydrogen-bond acceptors (Lipinski definition) is 4. The van der Waals surface area contributed by atoms with Crippen molar-refractivity contribution in [3.63, 3.8) is 0 Å². The van der Waals surface area contributed by atoms with Crippen LogP contribution in [0.25, 0.3) is 0 Å². The van der Waals surface area contributed by atoms with Crippen LogP contribution in [-0.2, 0) is 23.1 Å². The van der Waals surface area contributed by atoms with E-state index in [4.69, 9.17) is 4.74 Å². The van der Waals surface area contributed by atoms with E-state index in [1.54, 1.807) is 12.2 Å². The van der Waals surface area contributed by atoms with Crippen LogP contribution >= 0.6 is 0 Å². The van der Waals surface area contributed by atoms with Crippen molar-refractivity contribution in [2.45, 2.75) is 19.5 Å². The first-order valence-corrected chi connectivity index (χ1v) is 5.20. The predicted molar refractivity (Wildman–Crippen MR) is 58.7 cm³/mol. The Labute approximate surface area is 96.5 Å². The smallest absolute Gasteiger partial charge is 0.347 e. The lowest BCUT2D eigenvalue weighted by Crippen LogP contribution is -2.34. The number of esters is 1. The number of carbonyl (C=O) groups excluding carboxylic acids is 1. The maximum Gasteiger partial charge on any atom is 0.347 e. The molecule has 0 unspecified atom stereocenters. The molecule has 0 N–H and O–H groups in total. The van der Waals surface area contributed by atoms with Crippen LogP contribution in [0.1, 0.15) is 13.0 Å². The van der Waals surface area contributed by atoms with E-state index in [1.165, 1.54) is 23.3 Å². The number of nitrogens with zero attached hydrogens (tertiary/aromatic N) is 3. The quantitative estimate of drug-likeness (QED) is 0.491. The predicted octanol–water partition coefficient (Wildman–Crippen LogP) is -0.977. The van der Waals surface area contributed by atoms with Gasteiger partial charge in [-0.25, -0.2) is 23.5 Å². The second-order valence-electron chi connectivity index (χ2n) is 3.85. The molecule has 17 heavy (non-hydrogen) atoms. The third-order valence-electron chi connectivity index (χ3n) is 2.66. The fourth-order valence-electron chi connectivity index (χ4n) is 1.82. The van der Waals surface area contributed by atoms with Crippen LogP contribution in [0.3, 0.4) is 0 Å². The van der Waals surface area contributed by atoms with Crippen molar-refractivity contribution in [1.29, 1.82) is 0 Å². The molecule has 0 saturated carbocycles. The second kappa shape index (κ2) is 4.08. The summed E-state index contributed by atoms with van der Waals surface area (Å²) in [6.45, 7) is 1.70. The van der Waals surface area contributed by atoms with Gasteiger partial charge in [0.15, 0.2) is 0 Å². The molecule has 7 nitrogen and oxygen atoms in total. The minimum atomic E-state index is -0.422. The van der Waals surface area contributed by atoms with Crippen molar-refractivity contribution in [3.05, 3.63) is 33.1 Å². The number of hydrogen-bond donors (Lipinski definition) is 0. The third-order valence-corrected chi connectivity index (χ3v) is 2.66. The second-order valence-corrected chi connectivity index (χ2v) is 3.85. The van der Waals surface area contributed by atoms with Crippen LogP contribution in [0.5, 0.6) is 0 Å². The average molecular weight is 239 g/mol. The Morgan fingerprint density at radius 3 is 2.82 bits per heavy atom. The number of rotatable bonds is 2. The van der Waals surface area contributed by atoms with E-state index in [0.717, 1.165) is 4.57 Å². The van der Waals surface area contributed by atoms with Crippen LogP contribution < -0.4 is 11.4 Å². The van der Waals surface area contributed by atoms with Crippen molar-refractivity contribution in [2.75, 3.05) is 6.61 Å². The molecule has 0 fully saturated rings. The summed E-state index contributed by atoms with van der Waals surface area (Å²) in [6, 6.07) is -0.422. The van der Waals surface area contributed by atoms with Crippen molar-refractivity contribution in [2.24, 2.45) is 7.05 Å². The highest BCUT2D eigenvalue weighted by atomic mass is 16.5. The molecule has 1 aliphatic rings. The minimum absolute atomic E-state index is 0.0508. The first-order chi connectivity index (χ1) is 8.02. The van der Waals surface area contributed by atoms with Gasteiger partial charge in [0.1, 0.15) is 12.6 Å². The molecule has 0 amide bonds. The van der Waals surface area contributed by atoms with Crippen molar-refractivity contribution >= 4 is 5.97 Å². The Hall–Kier alpha value is -2.05. The minimum Gasteiger partial charge on any atom is -0.463 e. The Kier molecular flexibility index (Phi) is 2.74. The Morgan fingerprint density at radius 1 is 1.47 bits per heavy atom. The number of aromatic nitrogens is 3. The van der Waals surface area contributed by atoms with Gasteiger partial charge in [-0.05, 0) is 0 Å². The topological polar surface area (TPSA) is 75.2 Å². The first kappa shape index (κ1) is 11.4. The van der Waals surface area contributed by atoms with E-state index >= 15 is 0 Å². The fraction of sp³-hybridized carbons (Fsp3) is 0.500. The molecule has 1 aromatic heterocycles. The van der Waals surface area contributed by atoms with Gasteiger partial charge in [-0.2, -0.15) is 0 Å². The van der Waals surface area contributed by atoms with Crippen molar-refractivity contribution in [1.82, 2.24) is 13.9 Å². The highest BCUT2D eigenvalue weighted by molar-refractivity contribution is 5.65. The van der Waals surface area contributed by atoms with Gasteiger partial charge in [0.25, 0.3) is 0 Å². The highest BCUT2D eigenvalue weighted by Crippen LogP contribution is 2.10. The van der Waals surface area contributed by atoms with E-state index in [2.05, 4.69) is 0 Å². The normalized spacial score (nSPS) is 17.9. The summed E-state index contributed by atoms with van der Waals surface area (Å²) in [5.41, 5.74) is -0.774. The number of ether oxygens (including phenoxy) is 1. The van der Waals surface area contributed by atoms with Crippen molar-refractivity contribution < 1.29 is 9.53 Å². The molecule has 92 valence electrons. The summed E-state index contributed by atoms with van der Waals surface area (Å²) < 4.78 is 8.54. The zero-order chi connectivity index (χ0) is 12.6. The molecule has 1 atom stereocenters. The van der Waals surface area contributed by atoms with Gasteiger partial charge in [-0.1, -0.05) is 12.2 Å². The van der Waals surface area contributed by atoms with Gasteiger partial charge in [-0.3, -0.25) is 4.79 Å². The summed E-state index contributed by atoms with van der Waals surface area (Å²) in [5, 5.41) is 0. The number of carbonyl (C=O) groups is 1. The standard InChI is InChI=1S/C10H13N3O4/c1-7(14)17-6-8-4-3-5-12-9(15)11(2)10(16)13(8)12/h3-4,8H,5-6H2,1-2H3/t8-/m0/s1. The van der Waals surface area contributed by atoms with E-state index in [0.29, 0.717) is 6.54 Å². The zero-order valence-electron chi connectivity index (χ0n) is 9.62. The number of fused-ring (bicyclic) bond motifs is 1. The molecule has 0 spiro atoms. The van der Waals surface area contributed by atoms with Gasteiger partial charge < -0.3 is 4.74 Å². The van der Waals surface area contributed by atoms with E-state index in [1.807, 2.05) is 0 Å². The van der Waals surface area contributed by atoms with Gasteiger partial charge >= 0.3 is 17.3 Å². The van der Waals surface area contributed by atoms with Gasteiger partial charge in [0.2, 0.25) is 0 Å². The molecule has 0 aliphatic carbocycles. The first-order valence-electron chi connectivity index (χ1n) is 5.20. The largest absolute Gasteiger partial charge is 0.463 e. The van der Waals surface area contributed by atoms with Crippen LogP contribution in [0.15, 0.2) is 21.7 Å². The lowest BCUT2D eigenvalue weighted by atomic mass is 10.2. The van der Waals surface area contributed by atoms with E-state index < -0.39 is 17.7 Å². The lowest BCUT2D eigenvalue weighted by molar-refractivity contribution is -0.141. The monoisotopic (exact) mass is 239 g/mol. The average Bonchev–Trinajstić information content (AvgIpc) is 2.52. The molecular weight excluding hydrogens is 226 g/mol. The van der Waals surface area contributed by atoms with Crippen LogP contribution in [0.2, 0.25) is 0 Å². The van der Waals surface area contributed by atoms with E-state index in [9.17, 15) is 14.4 Å². The molecule has 0 bridgehead atoms. The highest BCUT2D eigenvalue weighted by Gasteiger charge is 2.22. The lowest BCUT2D eigenvalue weighted by Gasteiger charge is -2.20. The molecule has 0 saturated heterocycles. The maximum absolute atomic E-state index is 11.8. The van der Waals surface area contributed by atoms with Crippen LogP contribution in [0.4, 0.5) is 0 Å². The Balaban J connectivity index is 2.41. The summed E-state index contributed by atoms with van der Waals surface area (Å²) in [4.78, 5) is 34.2. The molecule has 1 aromatic rings. The van der Waals surface area contributed by atoms with Gasteiger partial charge in [0, 0.05) is 14.0 Å². The van der Waals surface area contributed by atoms with Gasteiger partial charge in [0.05, 0.1) is 6.54 Å². The van der Waals surface area contributed by atoms with Crippen molar-refractivity contribution in [3.8, 4) is 0 Å². The summed E-state index contributed by atoms with van der Waals surface area (Å²) in [6.07, 6.45) is 3.53. The fourth-order valence-corrected chi connectivity index (χ4v) is 1.82. The van der Waals surface area contributed by atoms with E-state index in [-0.39, 0.29) is 12.3 Å². The maximum atomic E-state index is 11.8. The molecule has 2 heterocycles. The Bertz CT molecular complexity index is 590. The molecule has 2 rings (SSSR count). The third kappa shape index (κ3) is 1.83. The SMILES string of the molecule is CC(=O)OC[C@@H]1C=CCn2c(=O)n(C)c(=O)n21. The van der Waals surface area contributed by atoms with Crippen LogP contribution in [0, 0.1) is 0 Å². The Morgan fingerprint density at radius 2 is 2.18 bits per heavy atom. The zero-order valence-corrected chi connectivity index (χ0v) is 9.62. The molecular formula is C10H13N3O4.